The second-order valence-electron chi connectivity index (χ2n) is 4.86. The van der Waals surface area contributed by atoms with Crippen LogP contribution in [0.4, 0.5) is 0 Å². The summed E-state index contributed by atoms with van der Waals surface area (Å²) in [5.74, 6) is 0. The third kappa shape index (κ3) is 2.23. The number of hydrogen-bond acceptors (Lipinski definition) is 2. The zero-order valence-corrected chi connectivity index (χ0v) is 10.0. The fraction of sp³-hybridized carbons (Fsp3) is 0.750. The average molecular weight is 207 g/mol. The predicted molar refractivity (Wildman–Crippen MR) is 62.0 cm³/mol. The van der Waals surface area contributed by atoms with Crippen molar-refractivity contribution < 1.29 is 0 Å². The molecule has 1 unspecified atom stereocenters. The minimum atomic E-state index is 0.291. The SMILES string of the molecule is CCn1nc(C)cc1CC1(C)CCCN1. The first-order valence-corrected chi connectivity index (χ1v) is 5.91. The summed E-state index contributed by atoms with van der Waals surface area (Å²) in [6.45, 7) is 8.68. The van der Waals surface area contributed by atoms with Gasteiger partial charge in [-0.1, -0.05) is 0 Å². The molecule has 1 aliphatic heterocycles. The van der Waals surface area contributed by atoms with Gasteiger partial charge < -0.3 is 5.32 Å². The Morgan fingerprint density at radius 2 is 2.40 bits per heavy atom. The molecule has 0 aromatic carbocycles. The van der Waals surface area contributed by atoms with Gasteiger partial charge >= 0.3 is 0 Å². The number of nitrogens with zero attached hydrogens (tertiary/aromatic N) is 2. The molecule has 84 valence electrons. The Hall–Kier alpha value is -0.830. The van der Waals surface area contributed by atoms with Crippen LogP contribution in [0.2, 0.25) is 0 Å². The smallest absolute Gasteiger partial charge is 0.0596 e. The molecule has 1 aromatic rings. The standard InChI is InChI=1S/C12H21N3/c1-4-15-11(8-10(2)14-15)9-12(3)6-5-7-13-12/h8,13H,4-7,9H2,1-3H3. The lowest BCUT2D eigenvalue weighted by Gasteiger charge is -2.24. The van der Waals surface area contributed by atoms with E-state index in [9.17, 15) is 0 Å². The van der Waals surface area contributed by atoms with Gasteiger partial charge in [-0.3, -0.25) is 4.68 Å². The zero-order chi connectivity index (χ0) is 10.9. The van der Waals surface area contributed by atoms with E-state index < -0.39 is 0 Å². The van der Waals surface area contributed by atoms with Gasteiger partial charge in [0.25, 0.3) is 0 Å². The van der Waals surface area contributed by atoms with Crippen LogP contribution in [0.15, 0.2) is 6.07 Å². The topological polar surface area (TPSA) is 29.9 Å². The largest absolute Gasteiger partial charge is 0.311 e. The van der Waals surface area contributed by atoms with Crippen molar-refractivity contribution in [2.75, 3.05) is 6.54 Å². The Morgan fingerprint density at radius 3 is 3.00 bits per heavy atom. The lowest BCUT2D eigenvalue weighted by atomic mass is 9.94. The maximum absolute atomic E-state index is 4.49. The zero-order valence-electron chi connectivity index (χ0n) is 10.0. The molecule has 0 radical (unpaired) electrons. The predicted octanol–water partition coefficient (Wildman–Crippen LogP) is 1.90. The quantitative estimate of drug-likeness (QED) is 0.820. The average Bonchev–Trinajstić information content (AvgIpc) is 2.73. The van der Waals surface area contributed by atoms with E-state index in [1.165, 1.54) is 18.5 Å². The highest BCUT2D eigenvalue weighted by molar-refractivity contribution is 5.13. The molecular formula is C12H21N3. The van der Waals surface area contributed by atoms with Crippen LogP contribution < -0.4 is 5.32 Å². The van der Waals surface area contributed by atoms with E-state index in [2.05, 4.69) is 41.9 Å². The molecule has 0 amide bonds. The first kappa shape index (κ1) is 10.7. The van der Waals surface area contributed by atoms with Crippen LogP contribution in [0.25, 0.3) is 0 Å². The highest BCUT2D eigenvalue weighted by Crippen LogP contribution is 2.23. The maximum Gasteiger partial charge on any atom is 0.0596 e. The second kappa shape index (κ2) is 3.97. The molecule has 1 aromatic heterocycles. The van der Waals surface area contributed by atoms with E-state index in [4.69, 9.17) is 0 Å². The fourth-order valence-electron chi connectivity index (χ4n) is 2.52. The molecular weight excluding hydrogens is 186 g/mol. The van der Waals surface area contributed by atoms with Crippen LogP contribution >= 0.6 is 0 Å². The van der Waals surface area contributed by atoms with E-state index in [0.717, 1.165) is 25.2 Å². The molecule has 2 rings (SSSR count). The van der Waals surface area contributed by atoms with Crippen LogP contribution in [-0.2, 0) is 13.0 Å². The minimum Gasteiger partial charge on any atom is -0.311 e. The normalized spacial score (nSPS) is 26.1. The van der Waals surface area contributed by atoms with Crippen molar-refractivity contribution in [1.82, 2.24) is 15.1 Å². The lowest BCUT2D eigenvalue weighted by molar-refractivity contribution is 0.397. The molecule has 15 heavy (non-hydrogen) atoms. The van der Waals surface area contributed by atoms with E-state index in [0.29, 0.717) is 5.54 Å². The van der Waals surface area contributed by atoms with E-state index >= 15 is 0 Å². The van der Waals surface area contributed by atoms with Gasteiger partial charge in [-0.05, 0) is 46.2 Å². The maximum atomic E-state index is 4.49. The highest BCUT2D eigenvalue weighted by Gasteiger charge is 2.29. The summed E-state index contributed by atoms with van der Waals surface area (Å²) in [4.78, 5) is 0. The number of aromatic nitrogens is 2. The molecule has 1 saturated heterocycles. The first-order chi connectivity index (χ1) is 7.13. The fourth-order valence-corrected chi connectivity index (χ4v) is 2.52. The Labute approximate surface area is 91.9 Å². The van der Waals surface area contributed by atoms with Crippen molar-refractivity contribution in [3.63, 3.8) is 0 Å². The molecule has 1 fully saturated rings. The summed E-state index contributed by atoms with van der Waals surface area (Å²) in [6.07, 6.45) is 3.68. The first-order valence-electron chi connectivity index (χ1n) is 5.91. The Morgan fingerprint density at radius 1 is 1.60 bits per heavy atom. The summed E-state index contributed by atoms with van der Waals surface area (Å²) in [7, 11) is 0. The summed E-state index contributed by atoms with van der Waals surface area (Å²) < 4.78 is 2.13. The van der Waals surface area contributed by atoms with Crippen molar-refractivity contribution in [3.8, 4) is 0 Å². The third-order valence-electron chi connectivity index (χ3n) is 3.31. The van der Waals surface area contributed by atoms with Gasteiger partial charge in [0.1, 0.15) is 0 Å². The van der Waals surface area contributed by atoms with Crippen molar-refractivity contribution in [2.24, 2.45) is 0 Å². The molecule has 3 nitrogen and oxygen atoms in total. The molecule has 0 bridgehead atoms. The summed E-state index contributed by atoms with van der Waals surface area (Å²) in [5.41, 5.74) is 2.79. The van der Waals surface area contributed by atoms with Crippen molar-refractivity contribution in [1.29, 1.82) is 0 Å². The highest BCUT2D eigenvalue weighted by atomic mass is 15.3. The van der Waals surface area contributed by atoms with E-state index in [1.54, 1.807) is 0 Å². The van der Waals surface area contributed by atoms with E-state index in [1.807, 2.05) is 0 Å². The number of hydrogen-bond donors (Lipinski definition) is 1. The molecule has 0 spiro atoms. The van der Waals surface area contributed by atoms with Crippen LogP contribution in [0, 0.1) is 6.92 Å². The van der Waals surface area contributed by atoms with Crippen LogP contribution in [0.5, 0.6) is 0 Å². The van der Waals surface area contributed by atoms with Gasteiger partial charge in [-0.2, -0.15) is 5.10 Å². The van der Waals surface area contributed by atoms with Gasteiger partial charge in [0, 0.05) is 24.2 Å². The molecule has 0 saturated carbocycles. The van der Waals surface area contributed by atoms with E-state index in [-0.39, 0.29) is 0 Å². The molecule has 1 N–H and O–H groups in total. The minimum absolute atomic E-state index is 0.291. The Balaban J connectivity index is 2.15. The summed E-state index contributed by atoms with van der Waals surface area (Å²) >= 11 is 0. The number of nitrogens with one attached hydrogen (secondary N) is 1. The Kier molecular flexibility index (Phi) is 2.83. The molecule has 0 aliphatic carbocycles. The van der Waals surface area contributed by atoms with Crippen LogP contribution in [0.1, 0.15) is 38.1 Å². The lowest BCUT2D eigenvalue weighted by Crippen LogP contribution is -2.39. The van der Waals surface area contributed by atoms with Gasteiger partial charge in [-0.25, -0.2) is 0 Å². The molecule has 2 heterocycles. The van der Waals surface area contributed by atoms with Gasteiger partial charge in [0.2, 0.25) is 0 Å². The van der Waals surface area contributed by atoms with Crippen molar-refractivity contribution >= 4 is 0 Å². The third-order valence-corrected chi connectivity index (χ3v) is 3.31. The Bertz CT molecular complexity index is 335. The van der Waals surface area contributed by atoms with Gasteiger partial charge in [0.15, 0.2) is 0 Å². The molecule has 1 aliphatic rings. The summed E-state index contributed by atoms with van der Waals surface area (Å²) in [5, 5.41) is 8.09. The van der Waals surface area contributed by atoms with Crippen molar-refractivity contribution in [2.45, 2.75) is 52.1 Å². The van der Waals surface area contributed by atoms with Crippen molar-refractivity contribution in [3.05, 3.63) is 17.5 Å². The monoisotopic (exact) mass is 207 g/mol. The van der Waals surface area contributed by atoms with Gasteiger partial charge in [0.05, 0.1) is 5.69 Å². The summed E-state index contributed by atoms with van der Waals surface area (Å²) in [6, 6.07) is 2.22. The second-order valence-corrected chi connectivity index (χ2v) is 4.86. The van der Waals surface area contributed by atoms with Crippen LogP contribution in [0.3, 0.4) is 0 Å². The van der Waals surface area contributed by atoms with Crippen LogP contribution in [-0.4, -0.2) is 21.9 Å². The molecule has 3 heteroatoms. The van der Waals surface area contributed by atoms with Gasteiger partial charge in [-0.15, -0.1) is 0 Å². The number of rotatable bonds is 3. The molecule has 1 atom stereocenters. The number of aryl methyl sites for hydroxylation is 2.